The molecule has 1 atom stereocenters. The molecule has 9 heteroatoms. The molecule has 108 valence electrons. The van der Waals surface area contributed by atoms with Crippen LogP contribution in [0.4, 0.5) is 11.4 Å². The fraction of sp³-hybridized carbons (Fsp3) is 0.364. The molecule has 0 radical (unpaired) electrons. The van der Waals surface area contributed by atoms with Gasteiger partial charge in [-0.05, 0) is 6.42 Å². The van der Waals surface area contributed by atoms with Crippen LogP contribution in [-0.2, 0) is 16.1 Å². The van der Waals surface area contributed by atoms with Crippen molar-refractivity contribution in [3.8, 4) is 0 Å². The monoisotopic (exact) mass is 283 g/mol. The zero-order chi connectivity index (χ0) is 15.3. The lowest BCUT2D eigenvalue weighted by Gasteiger charge is -2.09. The third-order valence-corrected chi connectivity index (χ3v) is 2.51. The Labute approximate surface area is 113 Å². The van der Waals surface area contributed by atoms with Gasteiger partial charge < -0.3 is 10.5 Å². The van der Waals surface area contributed by atoms with Crippen LogP contribution in [0.5, 0.6) is 0 Å². The average molecular weight is 283 g/mol. The lowest BCUT2D eigenvalue weighted by atomic mass is 10.2. The van der Waals surface area contributed by atoms with Crippen LogP contribution >= 0.6 is 0 Å². The van der Waals surface area contributed by atoms with Gasteiger partial charge in [-0.3, -0.25) is 25.0 Å². The van der Waals surface area contributed by atoms with E-state index in [9.17, 15) is 25.0 Å². The number of nitro benzene ring substituents is 2. The summed E-state index contributed by atoms with van der Waals surface area (Å²) in [6, 6.07) is 2.27. The van der Waals surface area contributed by atoms with E-state index in [-0.39, 0.29) is 12.2 Å². The minimum Gasteiger partial charge on any atom is -0.460 e. The van der Waals surface area contributed by atoms with Crippen LogP contribution in [0.3, 0.4) is 0 Å². The van der Waals surface area contributed by atoms with E-state index in [1.165, 1.54) is 0 Å². The van der Waals surface area contributed by atoms with Gasteiger partial charge >= 0.3 is 5.97 Å². The zero-order valence-electron chi connectivity index (χ0n) is 10.6. The van der Waals surface area contributed by atoms with Crippen LogP contribution in [0.15, 0.2) is 18.2 Å². The highest BCUT2D eigenvalue weighted by Gasteiger charge is 2.18. The third kappa shape index (κ3) is 3.99. The number of hydrogen-bond acceptors (Lipinski definition) is 7. The van der Waals surface area contributed by atoms with E-state index in [0.717, 1.165) is 18.2 Å². The largest absolute Gasteiger partial charge is 0.460 e. The number of nitro groups is 2. The molecular formula is C11H13N3O6. The van der Waals surface area contributed by atoms with E-state index in [4.69, 9.17) is 10.5 Å². The smallest absolute Gasteiger partial charge is 0.323 e. The Morgan fingerprint density at radius 2 is 1.75 bits per heavy atom. The highest BCUT2D eigenvalue weighted by atomic mass is 16.6. The number of nitrogens with two attached hydrogens (primary N) is 1. The number of hydrogen-bond donors (Lipinski definition) is 1. The van der Waals surface area contributed by atoms with Gasteiger partial charge in [0.1, 0.15) is 12.6 Å². The van der Waals surface area contributed by atoms with Crippen molar-refractivity contribution in [2.45, 2.75) is 26.0 Å². The molecule has 0 aliphatic heterocycles. The Morgan fingerprint density at radius 1 is 1.25 bits per heavy atom. The third-order valence-electron chi connectivity index (χ3n) is 2.51. The number of non-ortho nitro benzene ring substituents is 2. The van der Waals surface area contributed by atoms with E-state index >= 15 is 0 Å². The normalized spacial score (nSPS) is 11.7. The summed E-state index contributed by atoms with van der Waals surface area (Å²) in [4.78, 5) is 31.2. The summed E-state index contributed by atoms with van der Waals surface area (Å²) >= 11 is 0. The van der Waals surface area contributed by atoms with Gasteiger partial charge in [-0.2, -0.15) is 0 Å². The molecule has 0 aliphatic carbocycles. The summed E-state index contributed by atoms with van der Waals surface area (Å²) in [6.45, 7) is 1.39. The Kier molecular flexibility index (Phi) is 5.09. The first kappa shape index (κ1) is 15.5. The molecule has 9 nitrogen and oxygen atoms in total. The first-order chi connectivity index (χ1) is 9.35. The van der Waals surface area contributed by atoms with Crippen molar-refractivity contribution in [1.29, 1.82) is 0 Å². The van der Waals surface area contributed by atoms with Crippen LogP contribution < -0.4 is 5.73 Å². The number of nitrogens with zero attached hydrogens (tertiary/aromatic N) is 2. The number of benzene rings is 1. The molecule has 2 N–H and O–H groups in total. The van der Waals surface area contributed by atoms with Crippen LogP contribution in [0, 0.1) is 20.2 Å². The summed E-state index contributed by atoms with van der Waals surface area (Å²) in [5.41, 5.74) is 4.72. The fourth-order valence-corrected chi connectivity index (χ4v) is 1.38. The molecule has 1 aromatic rings. The van der Waals surface area contributed by atoms with Gasteiger partial charge in [0.2, 0.25) is 0 Å². The maximum Gasteiger partial charge on any atom is 0.323 e. The molecule has 0 bridgehead atoms. The first-order valence-corrected chi connectivity index (χ1v) is 5.70. The standard InChI is InChI=1S/C11H13N3O6/c1-2-10(12)11(15)20-6-7-3-8(13(16)17)5-9(4-7)14(18)19/h3-5,10H,2,6,12H2,1H3/t10-/m1/s1. The summed E-state index contributed by atoms with van der Waals surface area (Å²) in [5, 5.41) is 21.4. The quantitative estimate of drug-likeness (QED) is 0.471. The van der Waals surface area contributed by atoms with Crippen molar-refractivity contribution in [2.24, 2.45) is 5.73 Å². The summed E-state index contributed by atoms with van der Waals surface area (Å²) in [5.74, 6) is -0.665. The number of ether oxygens (including phenoxy) is 1. The SMILES string of the molecule is CC[C@@H](N)C(=O)OCc1cc([N+](=O)[O-])cc([N+](=O)[O-])c1. The second kappa shape index (κ2) is 6.57. The van der Waals surface area contributed by atoms with Gasteiger partial charge in [-0.25, -0.2) is 0 Å². The first-order valence-electron chi connectivity index (χ1n) is 5.70. The second-order valence-electron chi connectivity index (χ2n) is 3.99. The summed E-state index contributed by atoms with van der Waals surface area (Å²) < 4.78 is 4.84. The lowest BCUT2D eigenvalue weighted by molar-refractivity contribution is -0.394. The molecule has 0 saturated carbocycles. The topological polar surface area (TPSA) is 139 Å². The molecular weight excluding hydrogens is 270 g/mol. The lowest BCUT2D eigenvalue weighted by Crippen LogP contribution is -2.31. The number of esters is 1. The highest BCUT2D eigenvalue weighted by Crippen LogP contribution is 2.23. The molecule has 1 rings (SSSR count). The number of carbonyl (C=O) groups is 1. The van der Waals surface area contributed by atoms with Gasteiger partial charge in [0, 0.05) is 17.7 Å². The van der Waals surface area contributed by atoms with Crippen molar-refractivity contribution in [3.05, 3.63) is 44.0 Å². The maximum atomic E-state index is 11.4. The predicted octanol–water partition coefficient (Wildman–Crippen LogP) is 1.28. The van der Waals surface area contributed by atoms with Crippen molar-refractivity contribution in [1.82, 2.24) is 0 Å². The molecule has 0 aromatic heterocycles. The Bertz CT molecular complexity index is 513. The highest BCUT2D eigenvalue weighted by molar-refractivity contribution is 5.75. The van der Waals surface area contributed by atoms with Crippen LogP contribution in [0.2, 0.25) is 0 Å². The van der Waals surface area contributed by atoms with Crippen molar-refractivity contribution in [2.75, 3.05) is 0 Å². The van der Waals surface area contributed by atoms with Gasteiger partial charge in [-0.1, -0.05) is 6.92 Å². The van der Waals surface area contributed by atoms with E-state index in [1.54, 1.807) is 6.92 Å². The molecule has 0 heterocycles. The zero-order valence-corrected chi connectivity index (χ0v) is 10.6. The minimum atomic E-state index is -0.788. The van der Waals surface area contributed by atoms with Gasteiger partial charge in [0.05, 0.1) is 15.9 Å². The molecule has 0 saturated heterocycles. The summed E-state index contributed by atoms with van der Waals surface area (Å²) in [7, 11) is 0. The Morgan fingerprint density at radius 3 is 2.15 bits per heavy atom. The van der Waals surface area contributed by atoms with Gasteiger partial charge in [0.15, 0.2) is 0 Å². The minimum absolute atomic E-state index is 0.155. The summed E-state index contributed by atoms with van der Waals surface area (Å²) in [6.07, 6.45) is 0.383. The maximum absolute atomic E-state index is 11.4. The van der Waals surface area contributed by atoms with E-state index in [1.807, 2.05) is 0 Å². The number of carbonyl (C=O) groups excluding carboxylic acids is 1. The molecule has 0 unspecified atom stereocenters. The Hall–Kier alpha value is -2.55. The average Bonchev–Trinajstić information content (AvgIpc) is 2.43. The fourth-order valence-electron chi connectivity index (χ4n) is 1.38. The van der Waals surface area contributed by atoms with Crippen LogP contribution in [-0.4, -0.2) is 21.9 Å². The molecule has 1 aromatic carbocycles. The van der Waals surface area contributed by atoms with Crippen molar-refractivity contribution in [3.63, 3.8) is 0 Å². The molecule has 0 amide bonds. The van der Waals surface area contributed by atoms with Gasteiger partial charge in [0.25, 0.3) is 11.4 Å². The predicted molar refractivity (Wildman–Crippen MR) is 67.8 cm³/mol. The van der Waals surface area contributed by atoms with Gasteiger partial charge in [-0.15, -0.1) is 0 Å². The van der Waals surface area contributed by atoms with Crippen LogP contribution in [0.1, 0.15) is 18.9 Å². The van der Waals surface area contributed by atoms with Crippen molar-refractivity contribution < 1.29 is 19.4 Å². The number of rotatable bonds is 6. The van der Waals surface area contributed by atoms with E-state index < -0.39 is 33.2 Å². The van der Waals surface area contributed by atoms with Crippen molar-refractivity contribution >= 4 is 17.3 Å². The van der Waals surface area contributed by atoms with Crippen LogP contribution in [0.25, 0.3) is 0 Å². The van der Waals surface area contributed by atoms with E-state index in [0.29, 0.717) is 6.42 Å². The Balaban J connectivity index is 2.92. The molecule has 0 aliphatic rings. The molecule has 0 spiro atoms. The van der Waals surface area contributed by atoms with E-state index in [2.05, 4.69) is 0 Å². The second-order valence-corrected chi connectivity index (χ2v) is 3.99. The molecule has 20 heavy (non-hydrogen) atoms. The molecule has 0 fully saturated rings.